The van der Waals surface area contributed by atoms with Crippen LogP contribution >= 0.6 is 0 Å². The van der Waals surface area contributed by atoms with Crippen molar-refractivity contribution >= 4 is 5.91 Å². The topological polar surface area (TPSA) is 64.1 Å². The molecule has 1 N–H and O–H groups in total. The Balaban J connectivity index is 1.70. The third-order valence-corrected chi connectivity index (χ3v) is 3.14. The van der Waals surface area contributed by atoms with Crippen LogP contribution in [-0.2, 0) is 6.54 Å². The first-order valence-electron chi connectivity index (χ1n) is 7.19. The van der Waals surface area contributed by atoms with Crippen LogP contribution in [0.3, 0.4) is 0 Å². The number of carbonyl (C=O) groups is 1. The highest BCUT2D eigenvalue weighted by Crippen LogP contribution is 2.22. The van der Waals surface area contributed by atoms with Crippen LogP contribution in [-0.4, -0.2) is 15.9 Å². The third-order valence-electron chi connectivity index (χ3n) is 3.14. The van der Waals surface area contributed by atoms with Crippen LogP contribution in [0.1, 0.15) is 16.1 Å². The summed E-state index contributed by atoms with van der Waals surface area (Å²) in [5.74, 6) is 0.934. The number of ether oxygens (including phenoxy) is 1. The lowest BCUT2D eigenvalue weighted by molar-refractivity contribution is 0.0945. The van der Waals surface area contributed by atoms with Gasteiger partial charge in [-0.05, 0) is 30.3 Å². The van der Waals surface area contributed by atoms with Crippen molar-refractivity contribution in [3.05, 3.63) is 84.3 Å². The van der Waals surface area contributed by atoms with Gasteiger partial charge >= 0.3 is 0 Å². The monoisotopic (exact) mass is 305 g/mol. The summed E-state index contributed by atoms with van der Waals surface area (Å²) >= 11 is 0. The van der Waals surface area contributed by atoms with E-state index in [1.165, 1.54) is 0 Å². The molecule has 2 aromatic heterocycles. The van der Waals surface area contributed by atoms with E-state index in [4.69, 9.17) is 4.74 Å². The molecule has 23 heavy (non-hydrogen) atoms. The van der Waals surface area contributed by atoms with Crippen LogP contribution in [0.5, 0.6) is 11.6 Å². The number of para-hydroxylation sites is 1. The van der Waals surface area contributed by atoms with Gasteiger partial charge in [0.05, 0.1) is 0 Å². The average molecular weight is 305 g/mol. The maximum absolute atomic E-state index is 12.1. The minimum absolute atomic E-state index is 0.236. The zero-order chi connectivity index (χ0) is 15.9. The first-order valence-corrected chi connectivity index (χ1v) is 7.19. The van der Waals surface area contributed by atoms with Gasteiger partial charge in [-0.3, -0.25) is 9.78 Å². The van der Waals surface area contributed by atoms with E-state index in [0.29, 0.717) is 23.9 Å². The number of carbonyl (C=O) groups excluding carboxylic acids is 1. The van der Waals surface area contributed by atoms with Crippen LogP contribution in [0.4, 0.5) is 0 Å². The van der Waals surface area contributed by atoms with E-state index in [1.54, 1.807) is 36.7 Å². The van der Waals surface area contributed by atoms with E-state index in [2.05, 4.69) is 15.3 Å². The Labute approximate surface area is 134 Å². The second-order valence-corrected chi connectivity index (χ2v) is 4.78. The van der Waals surface area contributed by atoms with E-state index in [-0.39, 0.29) is 5.91 Å². The van der Waals surface area contributed by atoms with Crippen LogP contribution in [0.2, 0.25) is 0 Å². The summed E-state index contributed by atoms with van der Waals surface area (Å²) in [6.07, 6.45) is 3.24. The van der Waals surface area contributed by atoms with Gasteiger partial charge < -0.3 is 10.1 Å². The molecule has 0 unspecified atom stereocenters. The molecule has 0 radical (unpaired) electrons. The Morgan fingerprint density at radius 3 is 2.48 bits per heavy atom. The first-order chi connectivity index (χ1) is 11.3. The van der Waals surface area contributed by atoms with E-state index in [9.17, 15) is 4.79 Å². The molecule has 0 aliphatic heterocycles. The van der Waals surface area contributed by atoms with Crippen molar-refractivity contribution in [1.29, 1.82) is 0 Å². The molecule has 5 heteroatoms. The molecule has 0 aliphatic carbocycles. The molecule has 0 atom stereocenters. The number of benzene rings is 1. The molecule has 0 bridgehead atoms. The molecule has 5 nitrogen and oxygen atoms in total. The number of nitrogens with zero attached hydrogens (tertiary/aromatic N) is 2. The second-order valence-electron chi connectivity index (χ2n) is 4.78. The zero-order valence-corrected chi connectivity index (χ0v) is 12.3. The van der Waals surface area contributed by atoms with Crippen molar-refractivity contribution in [2.45, 2.75) is 6.54 Å². The van der Waals surface area contributed by atoms with Gasteiger partial charge in [0, 0.05) is 24.5 Å². The Hall–Kier alpha value is -3.21. The summed E-state index contributed by atoms with van der Waals surface area (Å²) in [7, 11) is 0. The Morgan fingerprint density at radius 2 is 1.70 bits per heavy atom. The largest absolute Gasteiger partial charge is 0.439 e. The van der Waals surface area contributed by atoms with Crippen LogP contribution in [0.25, 0.3) is 0 Å². The molecular formula is C18H15N3O2. The summed E-state index contributed by atoms with van der Waals surface area (Å²) in [6.45, 7) is 0.311. The van der Waals surface area contributed by atoms with Gasteiger partial charge in [0.2, 0.25) is 5.88 Å². The van der Waals surface area contributed by atoms with Crippen molar-refractivity contribution in [3.63, 3.8) is 0 Å². The van der Waals surface area contributed by atoms with E-state index < -0.39 is 0 Å². The van der Waals surface area contributed by atoms with Crippen molar-refractivity contribution < 1.29 is 9.53 Å². The normalized spacial score (nSPS) is 10.1. The maximum Gasteiger partial charge on any atom is 0.270 e. The summed E-state index contributed by atoms with van der Waals surface area (Å²) in [6, 6.07) is 18.3. The third kappa shape index (κ3) is 3.91. The highest BCUT2D eigenvalue weighted by Gasteiger charge is 2.10. The average Bonchev–Trinajstić information content (AvgIpc) is 2.62. The lowest BCUT2D eigenvalue weighted by Crippen LogP contribution is -2.24. The molecule has 0 saturated carbocycles. The minimum Gasteiger partial charge on any atom is -0.439 e. The Morgan fingerprint density at radius 1 is 0.913 bits per heavy atom. The van der Waals surface area contributed by atoms with Gasteiger partial charge in [-0.1, -0.05) is 30.3 Å². The maximum atomic E-state index is 12.1. The number of nitrogens with one attached hydrogen (secondary N) is 1. The number of pyridine rings is 2. The summed E-state index contributed by atoms with van der Waals surface area (Å²) in [4.78, 5) is 20.3. The van der Waals surface area contributed by atoms with E-state index >= 15 is 0 Å². The van der Waals surface area contributed by atoms with E-state index in [0.717, 1.165) is 5.56 Å². The van der Waals surface area contributed by atoms with Crippen LogP contribution < -0.4 is 10.1 Å². The quantitative estimate of drug-likeness (QED) is 0.786. The number of hydrogen-bond acceptors (Lipinski definition) is 4. The van der Waals surface area contributed by atoms with Gasteiger partial charge in [0.1, 0.15) is 11.4 Å². The molecular weight excluding hydrogens is 290 g/mol. The molecule has 3 rings (SSSR count). The van der Waals surface area contributed by atoms with Crippen molar-refractivity contribution in [1.82, 2.24) is 15.3 Å². The van der Waals surface area contributed by atoms with Gasteiger partial charge in [0.15, 0.2) is 0 Å². The van der Waals surface area contributed by atoms with Gasteiger partial charge in [0.25, 0.3) is 5.91 Å². The SMILES string of the molecule is O=C(NCc1cccnc1Oc1ccccc1)c1ccccn1. The summed E-state index contributed by atoms with van der Waals surface area (Å²) < 4.78 is 5.77. The molecule has 114 valence electrons. The fourth-order valence-corrected chi connectivity index (χ4v) is 2.01. The molecule has 0 spiro atoms. The first kappa shape index (κ1) is 14.7. The minimum atomic E-state index is -0.236. The van der Waals surface area contributed by atoms with Gasteiger partial charge in [-0.25, -0.2) is 4.98 Å². The molecule has 3 aromatic rings. The standard InChI is InChI=1S/C18H15N3O2/c22-17(16-10-4-5-11-19-16)21-13-14-7-6-12-20-18(14)23-15-8-2-1-3-9-15/h1-12H,13H2,(H,21,22). The fourth-order valence-electron chi connectivity index (χ4n) is 2.01. The smallest absolute Gasteiger partial charge is 0.270 e. The number of hydrogen-bond donors (Lipinski definition) is 1. The second kappa shape index (κ2) is 7.17. The molecule has 1 amide bonds. The van der Waals surface area contributed by atoms with Gasteiger partial charge in [-0.2, -0.15) is 0 Å². The lowest BCUT2D eigenvalue weighted by atomic mass is 10.2. The lowest BCUT2D eigenvalue weighted by Gasteiger charge is -2.10. The van der Waals surface area contributed by atoms with Crippen molar-refractivity contribution in [3.8, 4) is 11.6 Å². The molecule has 2 heterocycles. The Kier molecular flexibility index (Phi) is 4.59. The summed E-state index contributed by atoms with van der Waals surface area (Å²) in [5, 5.41) is 2.82. The van der Waals surface area contributed by atoms with Crippen molar-refractivity contribution in [2.24, 2.45) is 0 Å². The predicted octanol–water partition coefficient (Wildman–Crippen LogP) is 3.20. The fraction of sp³-hybridized carbons (Fsp3) is 0.0556. The van der Waals surface area contributed by atoms with Crippen LogP contribution in [0, 0.1) is 0 Å². The van der Waals surface area contributed by atoms with E-state index in [1.807, 2.05) is 36.4 Å². The Bertz CT molecular complexity index is 777. The molecule has 0 aliphatic rings. The van der Waals surface area contributed by atoms with Crippen LogP contribution in [0.15, 0.2) is 73.1 Å². The predicted molar refractivity (Wildman–Crippen MR) is 86.2 cm³/mol. The number of amides is 1. The number of aromatic nitrogens is 2. The molecule has 1 aromatic carbocycles. The summed E-state index contributed by atoms with van der Waals surface area (Å²) in [5.41, 5.74) is 1.17. The molecule has 0 fully saturated rings. The highest BCUT2D eigenvalue weighted by atomic mass is 16.5. The van der Waals surface area contributed by atoms with Crippen molar-refractivity contribution in [2.75, 3.05) is 0 Å². The highest BCUT2D eigenvalue weighted by molar-refractivity contribution is 5.92. The molecule has 0 saturated heterocycles. The van der Waals surface area contributed by atoms with Gasteiger partial charge in [-0.15, -0.1) is 0 Å². The zero-order valence-electron chi connectivity index (χ0n) is 12.3. The number of rotatable bonds is 5.